The number of carboxylic acids is 1. The first kappa shape index (κ1) is 43.9. The quantitative estimate of drug-likeness (QED) is 0.193. The molecule has 0 aliphatic carbocycles. The minimum atomic E-state index is -1.14. The number of hydrogen-bond donors (Lipinski definition) is 3. The molecule has 1 unspecified atom stereocenters. The van der Waals surface area contributed by atoms with Crippen LogP contribution in [0.4, 0.5) is 0 Å². The standard InChI is InChI=1S/C40H65N5O8/c1-11-26(4)34(44(8)37(48)33(25(2)3)42-39(51)40(6)20-16-21-43(40)7)31(52-9)24-32(46)45-22-15-19-30(45)35(53-10)27(5)36(47)41-29(38(49)50)23-28-17-13-12-14-18-28/h12-14,17-18,25-27,29-31,33-35H,11,15-16,19-24H2,1-10H3,(H,41,47)(H,42,51)(H,49,50)/t26-,27+,29?,30-,31+,33-,34-,35+,40-/m0/s1. The van der Waals surface area contributed by atoms with E-state index in [4.69, 9.17) is 9.47 Å². The van der Waals surface area contributed by atoms with Crippen LogP contribution in [0.2, 0.25) is 0 Å². The molecule has 3 N–H and O–H groups in total. The number of benzene rings is 1. The third-order valence-corrected chi connectivity index (χ3v) is 11.9. The van der Waals surface area contributed by atoms with Gasteiger partial charge in [-0.05, 0) is 63.6 Å². The fourth-order valence-electron chi connectivity index (χ4n) is 8.07. The fourth-order valence-corrected chi connectivity index (χ4v) is 8.07. The van der Waals surface area contributed by atoms with E-state index in [9.17, 15) is 29.1 Å². The first-order chi connectivity index (χ1) is 25.0. The van der Waals surface area contributed by atoms with E-state index in [1.807, 2.05) is 76.9 Å². The number of carboxylic acid groups (broad SMARTS) is 1. The van der Waals surface area contributed by atoms with E-state index in [-0.39, 0.29) is 42.4 Å². The van der Waals surface area contributed by atoms with Crippen LogP contribution in [0, 0.1) is 17.8 Å². The molecule has 4 amide bonds. The number of hydrogen-bond acceptors (Lipinski definition) is 8. The second kappa shape index (κ2) is 19.7. The molecule has 1 aromatic rings. The van der Waals surface area contributed by atoms with Crippen LogP contribution in [0.5, 0.6) is 0 Å². The topological polar surface area (TPSA) is 158 Å². The van der Waals surface area contributed by atoms with Gasteiger partial charge in [0.25, 0.3) is 0 Å². The third-order valence-electron chi connectivity index (χ3n) is 11.9. The number of amides is 4. The van der Waals surface area contributed by atoms with Gasteiger partial charge in [-0.25, -0.2) is 4.79 Å². The maximum atomic E-state index is 14.2. The Morgan fingerprint density at radius 2 is 1.66 bits per heavy atom. The number of aliphatic carboxylic acids is 1. The molecule has 1 aromatic carbocycles. The highest BCUT2D eigenvalue weighted by molar-refractivity contribution is 5.92. The molecule has 2 fully saturated rings. The Kier molecular flexibility index (Phi) is 16.3. The Morgan fingerprint density at radius 3 is 2.19 bits per heavy atom. The lowest BCUT2D eigenvalue weighted by atomic mass is 9.89. The predicted octanol–water partition coefficient (Wildman–Crippen LogP) is 3.34. The molecule has 13 nitrogen and oxygen atoms in total. The van der Waals surface area contributed by atoms with Gasteiger partial charge in [-0.1, -0.05) is 71.4 Å². The van der Waals surface area contributed by atoms with Gasteiger partial charge in [0.2, 0.25) is 23.6 Å². The van der Waals surface area contributed by atoms with Crippen LogP contribution in [0.1, 0.15) is 85.6 Å². The molecule has 0 radical (unpaired) electrons. The molecule has 53 heavy (non-hydrogen) atoms. The molecule has 2 aliphatic heterocycles. The molecule has 2 saturated heterocycles. The number of nitrogens with one attached hydrogen (secondary N) is 2. The molecule has 2 heterocycles. The lowest BCUT2D eigenvalue weighted by Gasteiger charge is -2.41. The van der Waals surface area contributed by atoms with Gasteiger partial charge >= 0.3 is 5.97 Å². The number of rotatable bonds is 19. The normalized spacial score (nSPS) is 23.1. The van der Waals surface area contributed by atoms with Crippen LogP contribution in [0.25, 0.3) is 0 Å². The molecule has 13 heteroatoms. The van der Waals surface area contributed by atoms with Crippen LogP contribution in [-0.2, 0) is 39.9 Å². The minimum Gasteiger partial charge on any atom is -0.480 e. The Labute approximate surface area is 316 Å². The van der Waals surface area contributed by atoms with Crippen LogP contribution in [-0.4, -0.2) is 133 Å². The number of methoxy groups -OCH3 is 2. The Morgan fingerprint density at radius 1 is 1.00 bits per heavy atom. The number of likely N-dealkylation sites (tertiary alicyclic amines) is 2. The van der Waals surface area contributed by atoms with E-state index in [0.29, 0.717) is 19.4 Å². The lowest BCUT2D eigenvalue weighted by molar-refractivity contribution is -0.148. The maximum absolute atomic E-state index is 14.2. The second-order valence-electron chi connectivity index (χ2n) is 15.7. The average molecular weight is 744 g/mol. The van der Waals surface area contributed by atoms with Crippen molar-refractivity contribution in [3.05, 3.63) is 35.9 Å². The van der Waals surface area contributed by atoms with Crippen LogP contribution >= 0.6 is 0 Å². The first-order valence-corrected chi connectivity index (χ1v) is 19.2. The summed E-state index contributed by atoms with van der Waals surface area (Å²) in [7, 11) is 6.70. The number of nitrogens with zero attached hydrogens (tertiary/aromatic N) is 3. The van der Waals surface area contributed by atoms with Gasteiger partial charge in [-0.2, -0.15) is 0 Å². The SMILES string of the molecule is CC[C@H](C)[C@@H]([C@@H](CC(=O)N1CCC[C@H]1[C@H](OC)[C@@H](C)C(=O)NC(Cc1ccccc1)C(=O)O)OC)N(C)C(=O)[C@@H](NC(=O)[C@]1(C)CCCN1C)C(C)C. The van der Waals surface area contributed by atoms with Crippen molar-refractivity contribution in [1.82, 2.24) is 25.3 Å². The van der Waals surface area contributed by atoms with Crippen LogP contribution in [0.3, 0.4) is 0 Å². The van der Waals surface area contributed by atoms with Crippen LogP contribution in [0.15, 0.2) is 30.3 Å². The van der Waals surface area contributed by atoms with Gasteiger partial charge in [0.05, 0.1) is 42.2 Å². The molecule has 0 saturated carbocycles. The molecule has 2 aliphatic rings. The van der Waals surface area contributed by atoms with Gasteiger partial charge < -0.3 is 35.0 Å². The molecule has 0 spiro atoms. The number of likely N-dealkylation sites (N-methyl/N-ethyl adjacent to an activating group) is 2. The Balaban J connectivity index is 1.77. The van der Waals surface area contributed by atoms with Crippen LogP contribution < -0.4 is 10.6 Å². The largest absolute Gasteiger partial charge is 0.480 e. The van der Waals surface area contributed by atoms with Gasteiger partial charge in [-0.15, -0.1) is 0 Å². The van der Waals surface area contributed by atoms with Crippen molar-refractivity contribution >= 4 is 29.6 Å². The number of ether oxygens (including phenoxy) is 2. The van der Waals surface area contributed by atoms with Crippen molar-refractivity contribution in [3.63, 3.8) is 0 Å². The van der Waals surface area contributed by atoms with E-state index in [1.54, 1.807) is 30.9 Å². The van der Waals surface area contributed by atoms with Gasteiger partial charge in [-0.3, -0.25) is 24.1 Å². The van der Waals surface area contributed by atoms with Gasteiger partial charge in [0, 0.05) is 34.2 Å². The first-order valence-electron chi connectivity index (χ1n) is 19.2. The number of carbonyl (C=O) groups is 5. The number of carbonyl (C=O) groups excluding carboxylic acids is 4. The summed E-state index contributed by atoms with van der Waals surface area (Å²) in [4.78, 5) is 73.0. The van der Waals surface area contributed by atoms with Crippen molar-refractivity contribution < 1.29 is 38.6 Å². The highest BCUT2D eigenvalue weighted by atomic mass is 16.5. The van der Waals surface area contributed by atoms with E-state index in [2.05, 4.69) is 10.6 Å². The van der Waals surface area contributed by atoms with Crippen molar-refractivity contribution in [2.24, 2.45) is 17.8 Å². The van der Waals surface area contributed by atoms with E-state index in [1.165, 1.54) is 7.11 Å². The molecule has 0 bridgehead atoms. The maximum Gasteiger partial charge on any atom is 0.326 e. The molecular weight excluding hydrogens is 678 g/mol. The van der Waals surface area contributed by atoms with E-state index < -0.39 is 59.7 Å². The Hall–Kier alpha value is -3.55. The van der Waals surface area contributed by atoms with Gasteiger partial charge in [0.1, 0.15) is 12.1 Å². The van der Waals surface area contributed by atoms with Crippen molar-refractivity contribution in [1.29, 1.82) is 0 Å². The summed E-state index contributed by atoms with van der Waals surface area (Å²) < 4.78 is 11.9. The molecule has 9 atom stereocenters. The second-order valence-corrected chi connectivity index (χ2v) is 15.7. The smallest absolute Gasteiger partial charge is 0.326 e. The summed E-state index contributed by atoms with van der Waals surface area (Å²) in [6, 6.07) is 6.34. The Bertz CT molecular complexity index is 1390. The highest BCUT2D eigenvalue weighted by Crippen LogP contribution is 2.31. The zero-order chi connectivity index (χ0) is 39.6. The predicted molar refractivity (Wildman–Crippen MR) is 203 cm³/mol. The van der Waals surface area contributed by atoms with E-state index in [0.717, 1.165) is 31.4 Å². The van der Waals surface area contributed by atoms with Crippen molar-refractivity contribution in [2.45, 2.75) is 128 Å². The zero-order valence-corrected chi connectivity index (χ0v) is 33.6. The molecule has 0 aromatic heterocycles. The van der Waals surface area contributed by atoms with Crippen molar-refractivity contribution in [3.8, 4) is 0 Å². The summed E-state index contributed by atoms with van der Waals surface area (Å²) in [5.41, 5.74) is 0.101. The molecule has 298 valence electrons. The fraction of sp³-hybridized carbons (Fsp3) is 0.725. The average Bonchev–Trinajstić information content (AvgIpc) is 3.76. The zero-order valence-electron chi connectivity index (χ0n) is 33.6. The summed E-state index contributed by atoms with van der Waals surface area (Å²) in [5, 5.41) is 15.6. The monoisotopic (exact) mass is 743 g/mol. The third kappa shape index (κ3) is 10.6. The molecule has 3 rings (SSSR count). The molecular formula is C40H65N5O8. The highest BCUT2D eigenvalue weighted by Gasteiger charge is 2.45. The summed E-state index contributed by atoms with van der Waals surface area (Å²) in [6.45, 7) is 12.8. The summed E-state index contributed by atoms with van der Waals surface area (Å²) in [6.07, 6.45) is 2.48. The van der Waals surface area contributed by atoms with Crippen molar-refractivity contribution in [2.75, 3.05) is 41.4 Å². The lowest BCUT2D eigenvalue weighted by Crippen LogP contribution is -2.61. The van der Waals surface area contributed by atoms with E-state index >= 15 is 0 Å². The summed E-state index contributed by atoms with van der Waals surface area (Å²) in [5.74, 6) is -3.14. The summed E-state index contributed by atoms with van der Waals surface area (Å²) >= 11 is 0. The van der Waals surface area contributed by atoms with Gasteiger partial charge in [0.15, 0.2) is 0 Å². The minimum absolute atomic E-state index is 0.00360.